The molecular formula is C22H25ClFN5O. The quantitative estimate of drug-likeness (QED) is 0.538. The molecule has 1 N–H and O–H groups in total. The van der Waals surface area contributed by atoms with E-state index in [9.17, 15) is 9.18 Å². The summed E-state index contributed by atoms with van der Waals surface area (Å²) in [7, 11) is 1.82. The van der Waals surface area contributed by atoms with Crippen molar-refractivity contribution >= 4 is 23.6 Å². The van der Waals surface area contributed by atoms with Gasteiger partial charge >= 0.3 is 0 Å². The number of rotatable bonds is 8. The van der Waals surface area contributed by atoms with Crippen LogP contribution in [0.4, 0.5) is 4.39 Å². The number of carbonyl (C=O) groups is 1. The number of nitrogens with zero attached hydrogens (tertiary/aromatic N) is 4. The fourth-order valence-electron chi connectivity index (χ4n) is 3.20. The molecule has 2 aromatic heterocycles. The minimum atomic E-state index is -0.596. The van der Waals surface area contributed by atoms with E-state index < -0.39 is 6.04 Å². The fourth-order valence-corrected chi connectivity index (χ4v) is 3.52. The van der Waals surface area contributed by atoms with Crippen LogP contribution in [-0.4, -0.2) is 25.2 Å². The maximum Gasteiger partial charge on any atom is 0.244 e. The molecule has 1 aromatic carbocycles. The Balaban J connectivity index is 1.82. The van der Waals surface area contributed by atoms with Crippen molar-refractivity contribution in [1.29, 1.82) is 0 Å². The van der Waals surface area contributed by atoms with Crippen molar-refractivity contribution in [2.45, 2.75) is 39.3 Å². The number of aromatic nitrogens is 4. The van der Waals surface area contributed by atoms with E-state index in [1.165, 1.54) is 18.2 Å². The second-order valence-electron chi connectivity index (χ2n) is 7.09. The molecule has 158 valence electrons. The number of imidazole rings is 1. The molecule has 2 heterocycles. The third-order valence-corrected chi connectivity index (χ3v) is 5.22. The van der Waals surface area contributed by atoms with Gasteiger partial charge in [0.1, 0.15) is 22.8 Å². The van der Waals surface area contributed by atoms with E-state index >= 15 is 0 Å². The van der Waals surface area contributed by atoms with E-state index in [4.69, 9.17) is 11.6 Å². The molecule has 0 saturated carbocycles. The Morgan fingerprint density at radius 1 is 1.40 bits per heavy atom. The number of benzene rings is 1. The Kier molecular flexibility index (Phi) is 7.05. The number of halogens is 2. The Hall–Kier alpha value is -2.93. The van der Waals surface area contributed by atoms with Crippen molar-refractivity contribution in [3.8, 4) is 0 Å². The Morgan fingerprint density at radius 2 is 2.20 bits per heavy atom. The van der Waals surface area contributed by atoms with Crippen LogP contribution in [0, 0.1) is 12.7 Å². The molecule has 1 atom stereocenters. The summed E-state index contributed by atoms with van der Waals surface area (Å²) in [4.78, 5) is 17.0. The Bertz CT molecular complexity index is 1060. The molecule has 3 rings (SSSR count). The van der Waals surface area contributed by atoms with E-state index in [1.54, 1.807) is 39.9 Å². The van der Waals surface area contributed by atoms with Gasteiger partial charge in [0, 0.05) is 37.6 Å². The van der Waals surface area contributed by atoms with Crippen LogP contribution in [0.3, 0.4) is 0 Å². The zero-order valence-corrected chi connectivity index (χ0v) is 18.0. The topological polar surface area (TPSA) is 64.7 Å². The number of unbranched alkanes of at least 4 members (excludes halogenated alkanes) is 1. The van der Waals surface area contributed by atoms with Crippen molar-refractivity contribution in [1.82, 2.24) is 24.6 Å². The van der Waals surface area contributed by atoms with Gasteiger partial charge in [-0.1, -0.05) is 37.1 Å². The summed E-state index contributed by atoms with van der Waals surface area (Å²) in [5.41, 5.74) is 2.07. The van der Waals surface area contributed by atoms with Crippen LogP contribution < -0.4 is 5.32 Å². The van der Waals surface area contributed by atoms with Crippen LogP contribution in [-0.2, 0) is 18.4 Å². The molecule has 0 spiro atoms. The molecule has 3 aromatic rings. The number of carbonyl (C=O) groups excluding carboxylic acids is 1. The highest BCUT2D eigenvalue weighted by atomic mass is 35.5. The summed E-state index contributed by atoms with van der Waals surface area (Å²) in [5.74, 6) is -0.119. The van der Waals surface area contributed by atoms with Gasteiger partial charge in [-0.05, 0) is 37.1 Å². The Morgan fingerprint density at radius 3 is 2.87 bits per heavy atom. The zero-order chi connectivity index (χ0) is 21.7. The molecule has 0 aliphatic rings. The number of aryl methyl sites for hydroxylation is 3. The average molecular weight is 430 g/mol. The Labute approximate surface area is 180 Å². The molecule has 8 heteroatoms. The first-order valence-corrected chi connectivity index (χ1v) is 10.2. The number of amides is 1. The van der Waals surface area contributed by atoms with Gasteiger partial charge < -0.3 is 9.88 Å². The minimum absolute atomic E-state index is 0.343. The molecule has 1 unspecified atom stereocenters. The van der Waals surface area contributed by atoms with Crippen molar-refractivity contribution in [3.05, 3.63) is 76.4 Å². The van der Waals surface area contributed by atoms with Gasteiger partial charge in [-0.2, -0.15) is 5.10 Å². The first kappa shape index (κ1) is 21.8. The SMILES string of the molecule is CCCCn1nc(C)c(/C=C/C(=O)NC(c2cccc(F)c2)c2nccn2C)c1Cl. The molecular weight excluding hydrogens is 405 g/mol. The van der Waals surface area contributed by atoms with Crippen molar-refractivity contribution in [2.24, 2.45) is 7.05 Å². The lowest BCUT2D eigenvalue weighted by atomic mass is 10.1. The van der Waals surface area contributed by atoms with Gasteiger partial charge in [-0.15, -0.1) is 0 Å². The predicted molar refractivity (Wildman–Crippen MR) is 116 cm³/mol. The van der Waals surface area contributed by atoms with Crippen LogP contribution in [0.1, 0.15) is 48.5 Å². The maximum atomic E-state index is 13.8. The lowest BCUT2D eigenvalue weighted by Crippen LogP contribution is -2.29. The molecule has 0 fully saturated rings. The lowest BCUT2D eigenvalue weighted by molar-refractivity contribution is -0.117. The zero-order valence-electron chi connectivity index (χ0n) is 17.3. The van der Waals surface area contributed by atoms with Gasteiger partial charge in [0.15, 0.2) is 0 Å². The van der Waals surface area contributed by atoms with Gasteiger partial charge in [0.25, 0.3) is 0 Å². The van der Waals surface area contributed by atoms with Crippen LogP contribution in [0.15, 0.2) is 42.7 Å². The summed E-state index contributed by atoms with van der Waals surface area (Å²) in [6, 6.07) is 5.52. The highest BCUT2D eigenvalue weighted by Crippen LogP contribution is 2.23. The van der Waals surface area contributed by atoms with E-state index in [0.29, 0.717) is 22.1 Å². The molecule has 1 amide bonds. The van der Waals surface area contributed by atoms with Crippen molar-refractivity contribution < 1.29 is 9.18 Å². The van der Waals surface area contributed by atoms with E-state index in [1.807, 2.05) is 14.0 Å². The third-order valence-electron chi connectivity index (χ3n) is 4.82. The van der Waals surface area contributed by atoms with E-state index in [-0.39, 0.29) is 11.7 Å². The van der Waals surface area contributed by atoms with Crippen LogP contribution in [0.2, 0.25) is 5.15 Å². The lowest BCUT2D eigenvalue weighted by Gasteiger charge is -2.18. The summed E-state index contributed by atoms with van der Waals surface area (Å²) < 4.78 is 17.3. The van der Waals surface area contributed by atoms with Gasteiger partial charge in [0.2, 0.25) is 5.91 Å². The minimum Gasteiger partial charge on any atom is -0.339 e. The molecule has 0 aliphatic heterocycles. The predicted octanol–water partition coefficient (Wildman–Crippen LogP) is 4.44. The van der Waals surface area contributed by atoms with Crippen LogP contribution in [0.25, 0.3) is 6.08 Å². The second kappa shape index (κ2) is 9.71. The summed E-state index contributed by atoms with van der Waals surface area (Å²) in [5, 5.41) is 7.86. The molecule has 0 radical (unpaired) electrons. The second-order valence-corrected chi connectivity index (χ2v) is 7.45. The molecule has 0 saturated heterocycles. The van der Waals surface area contributed by atoms with Gasteiger partial charge in [-0.25, -0.2) is 9.37 Å². The monoisotopic (exact) mass is 429 g/mol. The summed E-state index contributed by atoms with van der Waals surface area (Å²) in [6.45, 7) is 4.69. The number of nitrogens with one attached hydrogen (secondary N) is 1. The summed E-state index contributed by atoms with van der Waals surface area (Å²) >= 11 is 6.43. The number of hydrogen-bond donors (Lipinski definition) is 1. The van der Waals surface area contributed by atoms with Crippen LogP contribution in [0.5, 0.6) is 0 Å². The average Bonchev–Trinajstić information content (AvgIpc) is 3.25. The van der Waals surface area contributed by atoms with Crippen LogP contribution >= 0.6 is 11.6 Å². The standard InChI is InChI=1S/C22H25ClFN5O/c1-4-5-12-29-21(23)18(15(2)27-29)9-10-19(30)26-20(22-25-11-13-28(22)3)16-7-6-8-17(24)14-16/h6-11,13-14,20H,4-5,12H2,1-3H3,(H,26,30)/b10-9+. The fraction of sp³-hybridized carbons (Fsp3) is 0.318. The van der Waals surface area contributed by atoms with E-state index in [0.717, 1.165) is 25.1 Å². The summed E-state index contributed by atoms with van der Waals surface area (Å²) in [6.07, 6.45) is 8.49. The first-order valence-electron chi connectivity index (χ1n) is 9.84. The highest BCUT2D eigenvalue weighted by molar-refractivity contribution is 6.31. The smallest absolute Gasteiger partial charge is 0.244 e. The molecule has 0 aliphatic carbocycles. The first-order chi connectivity index (χ1) is 14.4. The van der Waals surface area contributed by atoms with Gasteiger partial charge in [0.05, 0.1) is 5.69 Å². The van der Waals surface area contributed by atoms with Crippen molar-refractivity contribution in [2.75, 3.05) is 0 Å². The number of hydrogen-bond acceptors (Lipinski definition) is 3. The van der Waals surface area contributed by atoms with Gasteiger partial charge in [-0.3, -0.25) is 9.48 Å². The maximum absolute atomic E-state index is 13.8. The third kappa shape index (κ3) is 4.97. The highest BCUT2D eigenvalue weighted by Gasteiger charge is 2.20. The van der Waals surface area contributed by atoms with E-state index in [2.05, 4.69) is 22.3 Å². The largest absolute Gasteiger partial charge is 0.339 e. The molecule has 0 bridgehead atoms. The molecule has 30 heavy (non-hydrogen) atoms. The van der Waals surface area contributed by atoms with Crippen molar-refractivity contribution in [3.63, 3.8) is 0 Å². The normalized spacial score (nSPS) is 12.4. The molecule has 6 nitrogen and oxygen atoms in total.